The van der Waals surface area contributed by atoms with Crippen LogP contribution in [0.5, 0.6) is 5.75 Å². The van der Waals surface area contributed by atoms with Gasteiger partial charge >= 0.3 is 0 Å². The van der Waals surface area contributed by atoms with Crippen LogP contribution < -0.4 is 4.74 Å². The van der Waals surface area contributed by atoms with Crippen LogP contribution in [0, 0.1) is 11.8 Å². The Morgan fingerprint density at radius 3 is 2.70 bits per heavy atom. The molecule has 1 aromatic rings. The maximum Gasteiger partial charge on any atom is 0.253 e. The highest BCUT2D eigenvalue weighted by molar-refractivity contribution is 5.94. The van der Waals surface area contributed by atoms with Gasteiger partial charge in [0.15, 0.2) is 0 Å². The maximum absolute atomic E-state index is 12.3. The van der Waals surface area contributed by atoms with E-state index in [0.717, 1.165) is 0 Å². The summed E-state index contributed by atoms with van der Waals surface area (Å²) in [6, 6.07) is 5.33. The van der Waals surface area contributed by atoms with E-state index in [-0.39, 0.29) is 18.6 Å². The van der Waals surface area contributed by atoms with Crippen molar-refractivity contribution in [3.05, 3.63) is 29.3 Å². The number of carbonyl (C=O) groups excluding carboxylic acids is 1. The summed E-state index contributed by atoms with van der Waals surface area (Å²) < 4.78 is 5.23. The Bertz CT molecular complexity index is 526. The summed E-state index contributed by atoms with van der Waals surface area (Å²) in [5, 5.41) is 8.75. The first kappa shape index (κ1) is 16.1. The third kappa shape index (κ3) is 4.01. The maximum atomic E-state index is 12.3. The number of ether oxygens (including phenoxy) is 1. The molecule has 0 spiro atoms. The summed E-state index contributed by atoms with van der Waals surface area (Å²) in [5.41, 5.74) is 1.24. The molecule has 20 heavy (non-hydrogen) atoms. The van der Waals surface area contributed by atoms with Crippen molar-refractivity contribution >= 4 is 5.91 Å². The fourth-order valence-corrected chi connectivity index (χ4v) is 1.59. The predicted octanol–water partition coefficient (Wildman–Crippen LogP) is 1.91. The molecule has 0 saturated carbocycles. The van der Waals surface area contributed by atoms with Gasteiger partial charge in [0.05, 0.1) is 19.3 Å². The highest BCUT2D eigenvalue weighted by atomic mass is 16.5. The van der Waals surface area contributed by atoms with Gasteiger partial charge < -0.3 is 14.7 Å². The zero-order chi connectivity index (χ0) is 15.1. The first-order valence-electron chi connectivity index (χ1n) is 6.56. The van der Waals surface area contributed by atoms with E-state index in [0.29, 0.717) is 23.3 Å². The molecule has 0 unspecified atom stereocenters. The molecule has 0 heterocycles. The molecule has 0 atom stereocenters. The van der Waals surface area contributed by atoms with Gasteiger partial charge in [-0.25, -0.2) is 0 Å². The number of carbonyl (C=O) groups is 1. The molecule has 0 aliphatic carbocycles. The summed E-state index contributed by atoms with van der Waals surface area (Å²) in [6.45, 7) is 3.94. The second kappa shape index (κ2) is 7.56. The molecule has 0 aliphatic rings. The van der Waals surface area contributed by atoms with E-state index < -0.39 is 0 Å². The molecule has 1 amide bonds. The molecular formula is C16H21NO3. The molecule has 0 bridgehead atoms. The van der Waals surface area contributed by atoms with Gasteiger partial charge in [-0.2, -0.15) is 0 Å². The quantitative estimate of drug-likeness (QED) is 0.854. The molecule has 0 aliphatic heterocycles. The Morgan fingerprint density at radius 1 is 1.45 bits per heavy atom. The van der Waals surface area contributed by atoms with Gasteiger partial charge in [-0.3, -0.25) is 4.79 Å². The van der Waals surface area contributed by atoms with Crippen LogP contribution in [0.3, 0.4) is 0 Å². The highest BCUT2D eigenvalue weighted by Crippen LogP contribution is 2.20. The van der Waals surface area contributed by atoms with Crippen LogP contribution in [0.25, 0.3) is 0 Å². The van der Waals surface area contributed by atoms with Crippen LogP contribution >= 0.6 is 0 Å². The monoisotopic (exact) mass is 275 g/mol. The van der Waals surface area contributed by atoms with Gasteiger partial charge in [-0.15, -0.1) is 0 Å². The van der Waals surface area contributed by atoms with Gasteiger partial charge in [0.25, 0.3) is 5.91 Å². The van der Waals surface area contributed by atoms with Gasteiger partial charge in [-0.1, -0.05) is 11.8 Å². The van der Waals surface area contributed by atoms with Gasteiger partial charge in [0, 0.05) is 25.1 Å². The lowest BCUT2D eigenvalue weighted by Crippen LogP contribution is -2.32. The molecule has 0 radical (unpaired) electrons. The van der Waals surface area contributed by atoms with Crippen LogP contribution in [0.4, 0.5) is 0 Å². The van der Waals surface area contributed by atoms with Crippen molar-refractivity contribution in [2.45, 2.75) is 26.3 Å². The largest absolute Gasteiger partial charge is 0.495 e. The van der Waals surface area contributed by atoms with Crippen molar-refractivity contribution in [3.8, 4) is 17.6 Å². The zero-order valence-electron chi connectivity index (χ0n) is 12.4. The number of amides is 1. The van der Waals surface area contributed by atoms with E-state index in [1.807, 2.05) is 13.8 Å². The molecule has 0 saturated heterocycles. The summed E-state index contributed by atoms with van der Waals surface area (Å²) in [7, 11) is 3.34. The molecule has 0 fully saturated rings. The molecule has 4 nitrogen and oxygen atoms in total. The minimum absolute atomic E-state index is 0.0179. The molecule has 1 rings (SSSR count). The number of aliphatic hydroxyl groups excluding tert-OH is 1. The average Bonchev–Trinajstić information content (AvgIpc) is 2.45. The lowest BCUT2D eigenvalue weighted by molar-refractivity contribution is 0.0755. The summed E-state index contributed by atoms with van der Waals surface area (Å²) >= 11 is 0. The molecular weight excluding hydrogens is 254 g/mol. The fourth-order valence-electron chi connectivity index (χ4n) is 1.59. The zero-order valence-corrected chi connectivity index (χ0v) is 12.4. The third-order valence-electron chi connectivity index (χ3n) is 3.00. The number of hydrogen-bond donors (Lipinski definition) is 1. The Balaban J connectivity index is 3.10. The van der Waals surface area contributed by atoms with Crippen molar-refractivity contribution in [3.63, 3.8) is 0 Å². The van der Waals surface area contributed by atoms with E-state index in [4.69, 9.17) is 9.84 Å². The van der Waals surface area contributed by atoms with Crippen LogP contribution in [-0.4, -0.2) is 42.7 Å². The number of nitrogens with zero attached hydrogens (tertiary/aromatic N) is 1. The van der Waals surface area contributed by atoms with Crippen LogP contribution in [0.15, 0.2) is 18.2 Å². The van der Waals surface area contributed by atoms with E-state index in [2.05, 4.69) is 11.8 Å². The van der Waals surface area contributed by atoms with Crippen molar-refractivity contribution in [2.24, 2.45) is 0 Å². The number of hydrogen-bond acceptors (Lipinski definition) is 3. The van der Waals surface area contributed by atoms with Gasteiger partial charge in [0.2, 0.25) is 0 Å². The Morgan fingerprint density at radius 2 is 2.15 bits per heavy atom. The Hall–Kier alpha value is -1.99. The smallest absolute Gasteiger partial charge is 0.253 e. The van der Waals surface area contributed by atoms with Crippen molar-refractivity contribution in [1.29, 1.82) is 0 Å². The van der Waals surface area contributed by atoms with Crippen LogP contribution in [0.1, 0.15) is 36.2 Å². The summed E-state index contributed by atoms with van der Waals surface area (Å²) in [4.78, 5) is 13.9. The standard InChI is InChI=1S/C16H21NO3/c1-12(2)17(3)16(19)14-8-9-15(20-4)13(11-14)7-5-6-10-18/h8-9,11-12,18H,6,10H2,1-4H3. The second-order valence-electron chi connectivity index (χ2n) is 4.70. The Labute approximate surface area is 120 Å². The average molecular weight is 275 g/mol. The van der Waals surface area contributed by atoms with Crippen LogP contribution in [-0.2, 0) is 0 Å². The first-order valence-corrected chi connectivity index (χ1v) is 6.56. The van der Waals surface area contributed by atoms with E-state index >= 15 is 0 Å². The molecule has 1 N–H and O–H groups in total. The summed E-state index contributed by atoms with van der Waals surface area (Å²) in [5.74, 6) is 6.34. The fraction of sp³-hybridized carbons (Fsp3) is 0.438. The lowest BCUT2D eigenvalue weighted by atomic mass is 10.1. The number of methoxy groups -OCH3 is 1. The topological polar surface area (TPSA) is 49.8 Å². The van der Waals surface area contributed by atoms with Crippen molar-refractivity contribution in [1.82, 2.24) is 4.90 Å². The van der Waals surface area contributed by atoms with Gasteiger partial charge in [-0.05, 0) is 32.0 Å². The van der Waals surface area contributed by atoms with Crippen molar-refractivity contribution in [2.75, 3.05) is 20.8 Å². The number of aliphatic hydroxyl groups is 1. The molecule has 1 aromatic carbocycles. The summed E-state index contributed by atoms with van der Waals surface area (Å²) in [6.07, 6.45) is 0.396. The van der Waals surface area contributed by atoms with Gasteiger partial charge in [0.1, 0.15) is 5.75 Å². The predicted molar refractivity (Wildman–Crippen MR) is 78.8 cm³/mol. The Kier molecular flexibility index (Phi) is 6.08. The highest BCUT2D eigenvalue weighted by Gasteiger charge is 2.15. The second-order valence-corrected chi connectivity index (χ2v) is 4.70. The van der Waals surface area contributed by atoms with E-state index in [1.54, 1.807) is 37.3 Å². The SMILES string of the molecule is COc1ccc(C(=O)N(C)C(C)C)cc1C#CCCO. The van der Waals surface area contributed by atoms with Crippen molar-refractivity contribution < 1.29 is 14.6 Å². The number of rotatable bonds is 4. The first-order chi connectivity index (χ1) is 9.51. The molecule has 0 aromatic heterocycles. The third-order valence-corrected chi connectivity index (χ3v) is 3.00. The van der Waals surface area contributed by atoms with E-state index in [1.165, 1.54) is 0 Å². The lowest BCUT2D eigenvalue weighted by Gasteiger charge is -2.21. The minimum atomic E-state index is -0.0483. The number of benzene rings is 1. The minimum Gasteiger partial charge on any atom is -0.495 e. The molecule has 4 heteroatoms. The van der Waals surface area contributed by atoms with Crippen LogP contribution in [0.2, 0.25) is 0 Å². The molecule has 108 valence electrons. The normalized spacial score (nSPS) is 9.90. The van der Waals surface area contributed by atoms with E-state index in [9.17, 15) is 4.79 Å².